The first-order chi connectivity index (χ1) is 11.3. The second-order valence-corrected chi connectivity index (χ2v) is 7.81. The first-order valence-corrected chi connectivity index (χ1v) is 8.97. The molecule has 0 saturated carbocycles. The lowest BCUT2D eigenvalue weighted by Crippen LogP contribution is -2.27. The molecule has 0 radical (unpaired) electrons. The van der Waals surface area contributed by atoms with E-state index >= 15 is 0 Å². The molecule has 0 N–H and O–H groups in total. The van der Waals surface area contributed by atoms with Crippen LogP contribution in [-0.2, 0) is 21.3 Å². The van der Waals surface area contributed by atoms with Gasteiger partial charge in [0.2, 0.25) is 10.0 Å². The second-order valence-electron chi connectivity index (χ2n) is 5.39. The molecule has 2 aromatic rings. The van der Waals surface area contributed by atoms with Crippen molar-refractivity contribution in [2.24, 2.45) is 0 Å². The summed E-state index contributed by atoms with van der Waals surface area (Å²) in [7, 11) is -1.15. The Bertz CT molecular complexity index is 865. The second kappa shape index (κ2) is 7.34. The summed E-state index contributed by atoms with van der Waals surface area (Å²) in [6, 6.07) is 11.6. The maximum absolute atomic E-state index is 12.8. The molecule has 0 atom stereocenters. The molecule has 5 nitrogen and oxygen atoms in total. The van der Waals surface area contributed by atoms with Crippen LogP contribution in [0.1, 0.15) is 21.5 Å². The molecule has 0 spiro atoms. The van der Waals surface area contributed by atoms with Gasteiger partial charge in [0.1, 0.15) is 4.90 Å². The van der Waals surface area contributed by atoms with Crippen LogP contribution in [0, 0.1) is 6.92 Å². The largest absolute Gasteiger partial charge is 0.465 e. The lowest BCUT2D eigenvalue weighted by atomic mass is 10.1. The van der Waals surface area contributed by atoms with Gasteiger partial charge in [-0.2, -0.15) is 4.31 Å². The molecule has 0 heterocycles. The van der Waals surface area contributed by atoms with Crippen LogP contribution in [-0.4, -0.2) is 32.8 Å². The highest BCUT2D eigenvalue weighted by molar-refractivity contribution is 7.89. The van der Waals surface area contributed by atoms with Crippen molar-refractivity contribution in [2.75, 3.05) is 14.2 Å². The average molecular weight is 368 g/mol. The lowest BCUT2D eigenvalue weighted by molar-refractivity contribution is 0.0600. The van der Waals surface area contributed by atoms with Crippen LogP contribution < -0.4 is 0 Å². The Balaban J connectivity index is 2.37. The maximum Gasteiger partial charge on any atom is 0.337 e. The van der Waals surface area contributed by atoms with Gasteiger partial charge in [0.15, 0.2) is 0 Å². The van der Waals surface area contributed by atoms with E-state index < -0.39 is 16.0 Å². The molecule has 0 saturated heterocycles. The number of carbonyl (C=O) groups is 1. The number of aryl methyl sites for hydroxylation is 1. The van der Waals surface area contributed by atoms with Gasteiger partial charge >= 0.3 is 5.97 Å². The Morgan fingerprint density at radius 3 is 2.54 bits per heavy atom. The smallest absolute Gasteiger partial charge is 0.337 e. The molecule has 0 aromatic heterocycles. The Morgan fingerprint density at radius 2 is 1.92 bits per heavy atom. The Morgan fingerprint density at radius 1 is 1.21 bits per heavy atom. The van der Waals surface area contributed by atoms with E-state index in [0.29, 0.717) is 0 Å². The molecule has 0 unspecified atom stereocenters. The van der Waals surface area contributed by atoms with Crippen LogP contribution in [0.3, 0.4) is 0 Å². The highest BCUT2D eigenvalue weighted by Gasteiger charge is 2.25. The summed E-state index contributed by atoms with van der Waals surface area (Å²) >= 11 is 6.04. The highest BCUT2D eigenvalue weighted by atomic mass is 35.5. The summed E-state index contributed by atoms with van der Waals surface area (Å²) in [5.74, 6) is -0.621. The number of rotatable bonds is 5. The van der Waals surface area contributed by atoms with Gasteiger partial charge < -0.3 is 4.74 Å². The van der Waals surface area contributed by atoms with Crippen molar-refractivity contribution in [3.8, 4) is 0 Å². The van der Waals surface area contributed by atoms with E-state index in [0.717, 1.165) is 11.1 Å². The summed E-state index contributed by atoms with van der Waals surface area (Å²) in [6.07, 6.45) is 0. The molecule has 7 heteroatoms. The van der Waals surface area contributed by atoms with Crippen LogP contribution in [0.2, 0.25) is 5.02 Å². The average Bonchev–Trinajstić information content (AvgIpc) is 2.54. The minimum absolute atomic E-state index is 0.0544. The summed E-state index contributed by atoms with van der Waals surface area (Å²) in [5, 5.41) is 0.0544. The lowest BCUT2D eigenvalue weighted by Gasteiger charge is -2.18. The first kappa shape index (κ1) is 18.4. The molecule has 0 bridgehead atoms. The summed E-state index contributed by atoms with van der Waals surface area (Å²) in [6.45, 7) is 2.14. The van der Waals surface area contributed by atoms with Crippen LogP contribution >= 0.6 is 11.6 Å². The van der Waals surface area contributed by atoms with Gasteiger partial charge in [-0.05, 0) is 30.7 Å². The zero-order chi connectivity index (χ0) is 17.9. The molecule has 0 fully saturated rings. The Labute approximate surface area is 146 Å². The van der Waals surface area contributed by atoms with E-state index in [1.807, 2.05) is 31.2 Å². The molecule has 0 aliphatic heterocycles. The van der Waals surface area contributed by atoms with E-state index in [2.05, 4.69) is 4.74 Å². The van der Waals surface area contributed by atoms with Crippen LogP contribution in [0.25, 0.3) is 0 Å². The molecule has 2 aromatic carbocycles. The normalized spacial score (nSPS) is 11.5. The summed E-state index contributed by atoms with van der Waals surface area (Å²) < 4.78 is 31.4. The van der Waals surface area contributed by atoms with E-state index in [9.17, 15) is 13.2 Å². The topological polar surface area (TPSA) is 63.7 Å². The first-order valence-electron chi connectivity index (χ1n) is 7.15. The number of methoxy groups -OCH3 is 1. The van der Waals surface area contributed by atoms with Crippen molar-refractivity contribution in [1.29, 1.82) is 0 Å². The minimum Gasteiger partial charge on any atom is -0.465 e. The molecule has 0 aliphatic carbocycles. The van der Waals surface area contributed by atoms with Crippen molar-refractivity contribution in [3.63, 3.8) is 0 Å². The third kappa shape index (κ3) is 3.95. The Hall–Kier alpha value is -1.89. The third-order valence-corrected chi connectivity index (χ3v) is 5.81. The maximum atomic E-state index is 12.8. The fraction of sp³-hybridized carbons (Fsp3) is 0.235. The van der Waals surface area contributed by atoms with Gasteiger partial charge in [0.25, 0.3) is 0 Å². The number of carbonyl (C=O) groups excluding carboxylic acids is 1. The van der Waals surface area contributed by atoms with E-state index in [-0.39, 0.29) is 22.0 Å². The summed E-state index contributed by atoms with van der Waals surface area (Å²) in [4.78, 5) is 11.5. The van der Waals surface area contributed by atoms with Crippen molar-refractivity contribution in [1.82, 2.24) is 4.31 Å². The third-order valence-electron chi connectivity index (χ3n) is 3.53. The molecule has 2 rings (SSSR count). The van der Waals surface area contributed by atoms with E-state index in [1.165, 1.54) is 36.7 Å². The molecule has 0 amide bonds. The zero-order valence-electron chi connectivity index (χ0n) is 13.6. The number of hydrogen-bond donors (Lipinski definition) is 0. The van der Waals surface area contributed by atoms with Gasteiger partial charge in [-0.25, -0.2) is 13.2 Å². The SMILES string of the molecule is COC(=O)c1ccc(Cl)c(S(=O)(=O)N(C)Cc2cccc(C)c2)c1. The van der Waals surface area contributed by atoms with Crippen LogP contribution in [0.15, 0.2) is 47.4 Å². The predicted octanol–water partition coefficient (Wildman–Crippen LogP) is 3.26. The molecular weight excluding hydrogens is 350 g/mol. The number of esters is 1. The zero-order valence-corrected chi connectivity index (χ0v) is 15.2. The molecule has 128 valence electrons. The van der Waals surface area contributed by atoms with Crippen molar-refractivity contribution >= 4 is 27.6 Å². The van der Waals surface area contributed by atoms with E-state index in [4.69, 9.17) is 11.6 Å². The summed E-state index contributed by atoms with van der Waals surface area (Å²) in [5.41, 5.74) is 2.04. The van der Waals surface area contributed by atoms with Gasteiger partial charge in [-0.3, -0.25) is 0 Å². The predicted molar refractivity (Wildman–Crippen MR) is 92.6 cm³/mol. The number of halogens is 1. The number of sulfonamides is 1. The number of ether oxygens (including phenoxy) is 1. The van der Waals surface area contributed by atoms with E-state index in [1.54, 1.807) is 0 Å². The minimum atomic E-state index is -3.85. The van der Waals surface area contributed by atoms with Crippen LogP contribution in [0.4, 0.5) is 0 Å². The Kier molecular flexibility index (Phi) is 5.64. The fourth-order valence-corrected chi connectivity index (χ4v) is 3.92. The van der Waals surface area contributed by atoms with Crippen molar-refractivity contribution in [2.45, 2.75) is 18.4 Å². The van der Waals surface area contributed by atoms with Gasteiger partial charge in [-0.1, -0.05) is 41.4 Å². The quantitative estimate of drug-likeness (QED) is 0.761. The van der Waals surface area contributed by atoms with Crippen molar-refractivity contribution in [3.05, 3.63) is 64.2 Å². The van der Waals surface area contributed by atoms with Gasteiger partial charge in [0.05, 0.1) is 17.7 Å². The number of hydrogen-bond acceptors (Lipinski definition) is 4. The van der Waals surface area contributed by atoms with Gasteiger partial charge in [0, 0.05) is 13.6 Å². The molecule has 0 aliphatic rings. The monoisotopic (exact) mass is 367 g/mol. The number of benzene rings is 2. The van der Waals surface area contributed by atoms with Crippen molar-refractivity contribution < 1.29 is 17.9 Å². The van der Waals surface area contributed by atoms with Gasteiger partial charge in [-0.15, -0.1) is 0 Å². The van der Waals surface area contributed by atoms with Crippen LogP contribution in [0.5, 0.6) is 0 Å². The highest BCUT2D eigenvalue weighted by Crippen LogP contribution is 2.26. The fourth-order valence-electron chi connectivity index (χ4n) is 2.27. The number of nitrogens with zero attached hydrogens (tertiary/aromatic N) is 1. The standard InChI is InChI=1S/C17H18ClNO4S/c1-12-5-4-6-13(9-12)11-19(2)24(21,22)16-10-14(17(20)23-3)7-8-15(16)18/h4-10H,11H2,1-3H3. The molecule has 24 heavy (non-hydrogen) atoms. The molecular formula is C17H18ClNO4S.